The molecule has 27 heavy (non-hydrogen) atoms. The van der Waals surface area contributed by atoms with Gasteiger partial charge in [0.15, 0.2) is 0 Å². The van der Waals surface area contributed by atoms with Crippen LogP contribution in [0.25, 0.3) is 0 Å². The van der Waals surface area contributed by atoms with E-state index in [0.29, 0.717) is 17.0 Å². The molecule has 0 radical (unpaired) electrons. The van der Waals surface area contributed by atoms with Crippen molar-refractivity contribution < 1.29 is 17.6 Å². The standard InChI is InChI=1S/C18H20FN3O3S2/c1-3-15-11-13(12-20)18(26-15)21-17(23)5-4-10-22(2)27(24,25)16-8-6-14(19)7-9-16/h6-9,11H,3-5,10H2,1-2H3,(H,21,23). The van der Waals surface area contributed by atoms with Gasteiger partial charge in [-0.2, -0.15) is 5.26 Å². The summed E-state index contributed by atoms with van der Waals surface area (Å²) in [6.45, 7) is 2.11. The van der Waals surface area contributed by atoms with E-state index in [1.807, 2.05) is 6.92 Å². The highest BCUT2D eigenvalue weighted by Gasteiger charge is 2.20. The van der Waals surface area contributed by atoms with Crippen molar-refractivity contribution in [3.8, 4) is 6.07 Å². The van der Waals surface area contributed by atoms with Crippen LogP contribution in [0.5, 0.6) is 0 Å². The van der Waals surface area contributed by atoms with Crippen LogP contribution < -0.4 is 5.32 Å². The summed E-state index contributed by atoms with van der Waals surface area (Å²) in [6, 6.07) is 8.40. The van der Waals surface area contributed by atoms with Crippen molar-refractivity contribution in [2.45, 2.75) is 31.1 Å². The topological polar surface area (TPSA) is 90.3 Å². The first-order chi connectivity index (χ1) is 12.8. The minimum Gasteiger partial charge on any atom is -0.317 e. The molecule has 0 atom stereocenters. The maximum absolute atomic E-state index is 13.0. The number of hydrogen-bond donors (Lipinski definition) is 1. The molecule has 9 heteroatoms. The first-order valence-corrected chi connectivity index (χ1v) is 10.6. The van der Waals surface area contributed by atoms with Gasteiger partial charge in [0.25, 0.3) is 0 Å². The third kappa shape index (κ3) is 5.35. The molecule has 0 unspecified atom stereocenters. The van der Waals surface area contributed by atoms with E-state index in [9.17, 15) is 17.6 Å². The lowest BCUT2D eigenvalue weighted by atomic mass is 10.2. The summed E-state index contributed by atoms with van der Waals surface area (Å²) < 4.78 is 38.9. The molecule has 0 aliphatic carbocycles. The van der Waals surface area contributed by atoms with Crippen molar-refractivity contribution in [2.75, 3.05) is 18.9 Å². The maximum atomic E-state index is 13.0. The Labute approximate surface area is 162 Å². The Morgan fingerprint density at radius 2 is 2.00 bits per heavy atom. The molecule has 2 rings (SSSR count). The molecular weight excluding hydrogens is 389 g/mol. The number of sulfonamides is 1. The Bertz CT molecular complexity index is 947. The van der Waals surface area contributed by atoms with Crippen LogP contribution in [0.1, 0.15) is 30.2 Å². The average Bonchev–Trinajstić information content (AvgIpc) is 3.03. The Morgan fingerprint density at radius 3 is 2.59 bits per heavy atom. The summed E-state index contributed by atoms with van der Waals surface area (Å²) in [6.07, 6.45) is 1.21. The van der Waals surface area contributed by atoms with Crippen LogP contribution in [0.2, 0.25) is 0 Å². The molecule has 0 saturated carbocycles. The predicted octanol–water partition coefficient (Wildman–Crippen LogP) is 3.36. The molecule has 0 bridgehead atoms. The van der Waals surface area contributed by atoms with E-state index in [1.54, 1.807) is 6.07 Å². The Hall–Kier alpha value is -2.28. The molecule has 2 aromatic rings. The minimum absolute atomic E-state index is 0.000180. The molecular formula is C18H20FN3O3S2. The lowest BCUT2D eigenvalue weighted by Crippen LogP contribution is -2.28. The molecule has 1 aromatic carbocycles. The zero-order valence-corrected chi connectivity index (χ0v) is 16.7. The fourth-order valence-corrected chi connectivity index (χ4v) is 4.52. The lowest BCUT2D eigenvalue weighted by molar-refractivity contribution is -0.116. The second kappa shape index (κ2) is 9.08. The summed E-state index contributed by atoms with van der Waals surface area (Å²) in [5, 5.41) is 12.3. The maximum Gasteiger partial charge on any atom is 0.242 e. The highest BCUT2D eigenvalue weighted by molar-refractivity contribution is 7.89. The van der Waals surface area contributed by atoms with E-state index >= 15 is 0 Å². The number of nitriles is 1. The fourth-order valence-electron chi connectivity index (χ4n) is 2.35. The van der Waals surface area contributed by atoms with E-state index < -0.39 is 15.8 Å². The molecule has 6 nitrogen and oxygen atoms in total. The molecule has 0 spiro atoms. The van der Waals surface area contributed by atoms with Crippen LogP contribution in [0, 0.1) is 17.1 Å². The Kier molecular flexibility index (Phi) is 7.07. The van der Waals surface area contributed by atoms with Crippen LogP contribution in [-0.2, 0) is 21.2 Å². The predicted molar refractivity (Wildman–Crippen MR) is 102 cm³/mol. The highest BCUT2D eigenvalue weighted by Crippen LogP contribution is 2.28. The fraction of sp³-hybridized carbons (Fsp3) is 0.333. The number of nitrogens with zero attached hydrogens (tertiary/aromatic N) is 2. The van der Waals surface area contributed by atoms with E-state index in [2.05, 4.69) is 11.4 Å². The van der Waals surface area contributed by atoms with E-state index in [1.165, 1.54) is 30.5 Å². The second-order valence-corrected chi connectivity index (χ2v) is 9.03. The smallest absolute Gasteiger partial charge is 0.242 e. The molecule has 0 aliphatic rings. The Balaban J connectivity index is 1.90. The molecule has 0 fully saturated rings. The van der Waals surface area contributed by atoms with Gasteiger partial charge in [-0.05, 0) is 43.2 Å². The molecule has 1 heterocycles. The number of hydrogen-bond acceptors (Lipinski definition) is 5. The molecule has 1 N–H and O–H groups in total. The molecule has 0 saturated heterocycles. The Morgan fingerprint density at radius 1 is 1.33 bits per heavy atom. The van der Waals surface area contributed by atoms with Crippen molar-refractivity contribution in [2.24, 2.45) is 0 Å². The van der Waals surface area contributed by atoms with Crippen molar-refractivity contribution in [1.29, 1.82) is 5.26 Å². The SMILES string of the molecule is CCc1cc(C#N)c(NC(=O)CCCN(C)S(=O)(=O)c2ccc(F)cc2)s1. The van der Waals surface area contributed by atoms with E-state index in [0.717, 1.165) is 27.7 Å². The number of thiophene rings is 1. The number of carbonyl (C=O) groups is 1. The van der Waals surface area contributed by atoms with Crippen LogP contribution in [-0.4, -0.2) is 32.2 Å². The average molecular weight is 410 g/mol. The van der Waals surface area contributed by atoms with Crippen molar-refractivity contribution >= 4 is 32.3 Å². The first kappa shape index (κ1) is 21.0. The van der Waals surface area contributed by atoms with Crippen molar-refractivity contribution in [1.82, 2.24) is 4.31 Å². The number of benzene rings is 1. The third-order valence-electron chi connectivity index (χ3n) is 3.90. The van der Waals surface area contributed by atoms with Crippen LogP contribution in [0.3, 0.4) is 0 Å². The number of rotatable bonds is 8. The van der Waals surface area contributed by atoms with Crippen LogP contribution >= 0.6 is 11.3 Å². The van der Waals surface area contributed by atoms with Crippen molar-refractivity contribution in [3.63, 3.8) is 0 Å². The van der Waals surface area contributed by atoms with E-state index in [-0.39, 0.29) is 23.8 Å². The number of nitrogens with one attached hydrogen (secondary N) is 1. The summed E-state index contributed by atoms with van der Waals surface area (Å²) in [4.78, 5) is 13.1. The number of anilines is 1. The van der Waals surface area contributed by atoms with Gasteiger partial charge in [0, 0.05) is 24.9 Å². The number of aryl methyl sites for hydroxylation is 1. The normalized spacial score (nSPS) is 11.4. The minimum atomic E-state index is -3.73. The summed E-state index contributed by atoms with van der Waals surface area (Å²) in [5.74, 6) is -0.784. The highest BCUT2D eigenvalue weighted by atomic mass is 32.2. The summed E-state index contributed by atoms with van der Waals surface area (Å²) in [7, 11) is -2.32. The van der Waals surface area contributed by atoms with Crippen LogP contribution in [0.15, 0.2) is 35.2 Å². The van der Waals surface area contributed by atoms with Gasteiger partial charge < -0.3 is 5.32 Å². The lowest BCUT2D eigenvalue weighted by Gasteiger charge is -2.17. The van der Waals surface area contributed by atoms with E-state index in [4.69, 9.17) is 5.26 Å². The zero-order valence-electron chi connectivity index (χ0n) is 15.0. The molecule has 1 amide bonds. The summed E-state index contributed by atoms with van der Waals surface area (Å²) >= 11 is 1.36. The molecule has 144 valence electrons. The van der Waals surface area contributed by atoms with Gasteiger partial charge in [-0.25, -0.2) is 17.1 Å². The van der Waals surface area contributed by atoms with Gasteiger partial charge in [-0.1, -0.05) is 6.92 Å². The largest absolute Gasteiger partial charge is 0.317 e. The van der Waals surface area contributed by atoms with Gasteiger partial charge in [0.05, 0.1) is 10.5 Å². The van der Waals surface area contributed by atoms with Gasteiger partial charge in [-0.15, -0.1) is 11.3 Å². The number of halogens is 1. The zero-order chi connectivity index (χ0) is 20.0. The molecule has 0 aliphatic heterocycles. The monoisotopic (exact) mass is 409 g/mol. The number of carbonyl (C=O) groups excluding carboxylic acids is 1. The van der Waals surface area contributed by atoms with Crippen LogP contribution in [0.4, 0.5) is 9.39 Å². The second-order valence-electron chi connectivity index (χ2n) is 5.85. The van der Waals surface area contributed by atoms with Gasteiger partial charge in [-0.3, -0.25) is 4.79 Å². The van der Waals surface area contributed by atoms with Gasteiger partial charge in [0.2, 0.25) is 15.9 Å². The number of amides is 1. The third-order valence-corrected chi connectivity index (χ3v) is 6.97. The summed E-state index contributed by atoms with van der Waals surface area (Å²) in [5.41, 5.74) is 0.432. The van der Waals surface area contributed by atoms with Crippen molar-refractivity contribution in [3.05, 3.63) is 46.6 Å². The molecule has 1 aromatic heterocycles. The quantitative estimate of drug-likeness (QED) is 0.724. The van der Waals surface area contributed by atoms with Gasteiger partial charge in [0.1, 0.15) is 16.9 Å². The van der Waals surface area contributed by atoms with Gasteiger partial charge >= 0.3 is 0 Å². The first-order valence-electron chi connectivity index (χ1n) is 8.32.